The molecule has 0 saturated heterocycles. The van der Waals surface area contributed by atoms with Crippen LogP contribution in [0, 0.1) is 5.41 Å². The molecule has 0 heterocycles. The van der Waals surface area contributed by atoms with Crippen LogP contribution in [0.1, 0.15) is 38.2 Å². The Balaban J connectivity index is 1.86. The fourth-order valence-corrected chi connectivity index (χ4v) is 5.86. The van der Waals surface area contributed by atoms with E-state index in [2.05, 4.69) is 60.7 Å². The number of Topliss-reactive ketones (excluding diaryl/α,β-unsaturated/α-hetero) is 1. The Morgan fingerprint density at radius 2 is 1.12 bits per heavy atom. The number of fused-ring (bicyclic) bond motifs is 3. The van der Waals surface area contributed by atoms with Crippen molar-refractivity contribution >= 4 is 5.78 Å². The number of hydrogen-bond acceptors (Lipinski definition) is 1. The second-order valence-electron chi connectivity index (χ2n) is 7.37. The zero-order valence-corrected chi connectivity index (χ0v) is 13.3. The van der Waals surface area contributed by atoms with Crippen LogP contribution in [0.4, 0.5) is 0 Å². The average molecular weight is 308 g/mol. The summed E-state index contributed by atoms with van der Waals surface area (Å²) < 4.78 is 0. The molecule has 114 valence electrons. The Bertz CT molecular complexity index is 994. The van der Waals surface area contributed by atoms with Gasteiger partial charge < -0.3 is 0 Å². The van der Waals surface area contributed by atoms with Gasteiger partial charge in [-0.25, -0.2) is 0 Å². The highest BCUT2D eigenvalue weighted by molar-refractivity contribution is 6.11. The highest BCUT2D eigenvalue weighted by Crippen LogP contribution is 2.69. The molecular formula is C23H16O. The van der Waals surface area contributed by atoms with Gasteiger partial charge in [0.1, 0.15) is 0 Å². The molecule has 3 aromatic carbocycles. The Hall–Kier alpha value is -2.67. The van der Waals surface area contributed by atoms with Gasteiger partial charge in [0.25, 0.3) is 0 Å². The lowest BCUT2D eigenvalue weighted by molar-refractivity contribution is 0.0790. The van der Waals surface area contributed by atoms with Gasteiger partial charge in [-0.05, 0) is 40.7 Å². The third-order valence-corrected chi connectivity index (χ3v) is 6.56. The summed E-state index contributed by atoms with van der Waals surface area (Å²) in [5, 5.41) is 0. The van der Waals surface area contributed by atoms with E-state index in [9.17, 15) is 4.79 Å². The second kappa shape index (κ2) is 3.87. The normalized spacial score (nSPS) is 28.1. The van der Waals surface area contributed by atoms with E-state index >= 15 is 0 Å². The topological polar surface area (TPSA) is 17.1 Å². The van der Waals surface area contributed by atoms with Gasteiger partial charge in [-0.15, -0.1) is 0 Å². The number of ketones is 1. The quantitative estimate of drug-likeness (QED) is 0.604. The van der Waals surface area contributed by atoms with Gasteiger partial charge in [-0.1, -0.05) is 72.8 Å². The van der Waals surface area contributed by atoms with Crippen LogP contribution in [0.15, 0.2) is 72.8 Å². The second-order valence-corrected chi connectivity index (χ2v) is 7.37. The van der Waals surface area contributed by atoms with E-state index in [1.54, 1.807) is 0 Å². The summed E-state index contributed by atoms with van der Waals surface area (Å²) in [6, 6.07) is 25.6. The Labute approximate surface area is 141 Å². The third kappa shape index (κ3) is 1.09. The summed E-state index contributed by atoms with van der Waals surface area (Å²) in [6.07, 6.45) is 1.71. The minimum atomic E-state index is -0.357. The third-order valence-electron chi connectivity index (χ3n) is 6.56. The lowest BCUT2D eigenvalue weighted by atomic mass is 9.64. The fourth-order valence-electron chi connectivity index (χ4n) is 5.86. The van der Waals surface area contributed by atoms with E-state index in [1.165, 1.54) is 27.8 Å². The number of rotatable bonds is 0. The molecule has 0 saturated carbocycles. The van der Waals surface area contributed by atoms with E-state index in [0.717, 1.165) is 18.4 Å². The van der Waals surface area contributed by atoms with Crippen molar-refractivity contribution in [3.05, 3.63) is 106 Å². The van der Waals surface area contributed by atoms with E-state index in [4.69, 9.17) is 0 Å². The van der Waals surface area contributed by atoms with Crippen LogP contribution in [0.5, 0.6) is 0 Å². The van der Waals surface area contributed by atoms with Crippen LogP contribution in [0.2, 0.25) is 0 Å². The molecule has 0 radical (unpaired) electrons. The summed E-state index contributed by atoms with van der Waals surface area (Å²) in [4.78, 5) is 13.6. The Morgan fingerprint density at radius 1 is 0.625 bits per heavy atom. The monoisotopic (exact) mass is 308 g/mol. The lowest BCUT2D eigenvalue weighted by Crippen LogP contribution is -2.41. The Morgan fingerprint density at radius 3 is 1.75 bits per heavy atom. The first-order chi connectivity index (χ1) is 11.8. The van der Waals surface area contributed by atoms with Crippen molar-refractivity contribution in [3.8, 4) is 0 Å². The predicted octanol–water partition coefficient (Wildman–Crippen LogP) is 4.32. The van der Waals surface area contributed by atoms with Gasteiger partial charge in [0, 0.05) is 5.56 Å². The highest BCUT2D eigenvalue weighted by Gasteiger charge is 2.71. The molecule has 0 fully saturated rings. The molecule has 1 heteroatoms. The summed E-state index contributed by atoms with van der Waals surface area (Å²) >= 11 is 0. The van der Waals surface area contributed by atoms with Crippen LogP contribution in [-0.4, -0.2) is 5.78 Å². The van der Waals surface area contributed by atoms with E-state index < -0.39 is 0 Å². The maximum Gasteiger partial charge on any atom is 0.171 e. The van der Waals surface area contributed by atoms with Crippen LogP contribution in [-0.2, 0) is 18.3 Å². The molecule has 6 rings (SSSR count). The molecule has 0 atom stereocenters. The highest BCUT2D eigenvalue weighted by atomic mass is 16.1. The molecular weight excluding hydrogens is 292 g/mol. The van der Waals surface area contributed by atoms with Crippen molar-refractivity contribution in [1.82, 2.24) is 0 Å². The van der Waals surface area contributed by atoms with Crippen molar-refractivity contribution < 1.29 is 4.79 Å². The van der Waals surface area contributed by atoms with Gasteiger partial charge in [0.05, 0.1) is 10.8 Å². The van der Waals surface area contributed by atoms with Crippen molar-refractivity contribution in [2.24, 2.45) is 5.41 Å². The fraction of sp³-hybridized carbons (Fsp3) is 0.174. The summed E-state index contributed by atoms with van der Waals surface area (Å²) in [5.41, 5.74) is 6.87. The molecule has 0 aromatic heterocycles. The molecule has 3 aliphatic carbocycles. The number of carbonyl (C=O) groups excluding carboxylic acids is 1. The van der Waals surface area contributed by atoms with Crippen LogP contribution in [0.25, 0.3) is 0 Å². The van der Waals surface area contributed by atoms with Gasteiger partial charge in [-0.2, -0.15) is 0 Å². The summed E-state index contributed by atoms with van der Waals surface area (Å²) in [6.45, 7) is 0. The minimum absolute atomic E-state index is 0.284. The molecule has 1 nitrogen and oxygen atoms in total. The first kappa shape index (κ1) is 12.7. The molecule has 0 aliphatic heterocycles. The zero-order chi connectivity index (χ0) is 15.9. The number of benzene rings is 3. The maximum absolute atomic E-state index is 13.6. The lowest BCUT2D eigenvalue weighted by Gasteiger charge is -2.35. The smallest absolute Gasteiger partial charge is 0.171 e. The van der Waals surface area contributed by atoms with Crippen LogP contribution in [0.3, 0.4) is 0 Å². The molecule has 24 heavy (non-hydrogen) atoms. The SMILES string of the molecule is O=C1c2ccccc2C23c4ccccc4CC12Cc1ccccc13. The predicted molar refractivity (Wildman–Crippen MR) is 93.4 cm³/mol. The van der Waals surface area contributed by atoms with Crippen molar-refractivity contribution in [3.63, 3.8) is 0 Å². The summed E-state index contributed by atoms with van der Waals surface area (Å²) in [5.74, 6) is 0.338. The van der Waals surface area contributed by atoms with Crippen molar-refractivity contribution in [1.29, 1.82) is 0 Å². The van der Waals surface area contributed by atoms with Crippen molar-refractivity contribution in [2.75, 3.05) is 0 Å². The Kier molecular flexibility index (Phi) is 2.05. The van der Waals surface area contributed by atoms with Gasteiger partial charge >= 0.3 is 0 Å². The van der Waals surface area contributed by atoms with E-state index in [0.29, 0.717) is 5.78 Å². The average Bonchev–Trinajstić information content (AvgIpc) is 3.15. The standard InChI is InChI=1S/C23H16O/c24-21-17-9-3-6-12-20(17)23-18-10-4-1-7-15(18)13-22(21,23)14-16-8-2-5-11-19(16)23/h1-12H,13-14H2. The number of carbonyl (C=O) groups is 1. The molecule has 0 N–H and O–H groups in total. The summed E-state index contributed by atoms with van der Waals surface area (Å²) in [7, 11) is 0. The first-order valence-electron chi connectivity index (χ1n) is 8.60. The first-order valence-corrected chi connectivity index (χ1v) is 8.60. The number of hydrogen-bond donors (Lipinski definition) is 0. The largest absolute Gasteiger partial charge is 0.293 e. The van der Waals surface area contributed by atoms with Crippen LogP contribution >= 0.6 is 0 Å². The van der Waals surface area contributed by atoms with Gasteiger partial charge in [0.15, 0.2) is 5.78 Å². The van der Waals surface area contributed by atoms with E-state index in [1.807, 2.05) is 12.1 Å². The molecule has 3 aliphatic rings. The molecule has 0 bridgehead atoms. The maximum atomic E-state index is 13.6. The van der Waals surface area contributed by atoms with Gasteiger partial charge in [0.2, 0.25) is 0 Å². The molecule has 0 amide bonds. The molecule has 0 unspecified atom stereocenters. The minimum Gasteiger partial charge on any atom is -0.293 e. The van der Waals surface area contributed by atoms with Crippen LogP contribution < -0.4 is 0 Å². The van der Waals surface area contributed by atoms with E-state index in [-0.39, 0.29) is 10.8 Å². The molecule has 3 aromatic rings. The van der Waals surface area contributed by atoms with Crippen molar-refractivity contribution in [2.45, 2.75) is 18.3 Å². The van der Waals surface area contributed by atoms with Gasteiger partial charge in [-0.3, -0.25) is 4.79 Å². The zero-order valence-electron chi connectivity index (χ0n) is 13.3. The molecule has 0 spiro atoms.